The lowest BCUT2D eigenvalue weighted by molar-refractivity contribution is -0.374. The number of hydrogen-bond donors (Lipinski definition) is 3. The molecule has 21 nitrogen and oxygen atoms in total. The number of hydrogen-bond acceptors (Lipinski definition) is 20. The Kier molecular flexibility index (Phi) is 18.7. The van der Waals surface area contributed by atoms with Crippen molar-refractivity contribution < 1.29 is 95.8 Å². The molecule has 65 heavy (non-hydrogen) atoms. The molecule has 0 bridgehead atoms. The molecule has 3 N–H and O–H groups in total. The Bertz CT molecular complexity index is 1900. The van der Waals surface area contributed by atoms with Gasteiger partial charge in [0.05, 0.1) is 32.5 Å². The van der Waals surface area contributed by atoms with Gasteiger partial charge >= 0.3 is 29.8 Å². The van der Waals surface area contributed by atoms with E-state index in [1.54, 1.807) is 42.5 Å². The second-order valence-corrected chi connectivity index (χ2v) is 15.6. The normalized spacial score (nSPS) is 32.3. The number of amides is 1. The molecule has 2 aromatic carbocycles. The van der Waals surface area contributed by atoms with Crippen LogP contribution in [0.2, 0.25) is 0 Å². The van der Waals surface area contributed by atoms with Gasteiger partial charge in [-0.25, -0.2) is 0 Å². The van der Waals surface area contributed by atoms with Crippen LogP contribution in [0, 0.1) is 0 Å². The van der Waals surface area contributed by atoms with Crippen molar-refractivity contribution in [2.24, 2.45) is 0 Å². The maximum absolute atomic E-state index is 12.8. The lowest BCUT2D eigenvalue weighted by Gasteiger charge is -2.50. The molecule has 0 saturated carbocycles. The Labute approximate surface area is 375 Å². The summed E-state index contributed by atoms with van der Waals surface area (Å²) in [7, 11) is 0. The molecule has 0 radical (unpaired) electrons. The monoisotopic (exact) mass is 919 g/mol. The number of benzene rings is 2. The van der Waals surface area contributed by atoms with Crippen molar-refractivity contribution in [3.05, 3.63) is 71.8 Å². The molecule has 15 atom stereocenters. The molecule has 3 aliphatic heterocycles. The summed E-state index contributed by atoms with van der Waals surface area (Å²) in [4.78, 5) is 75.6. The van der Waals surface area contributed by atoms with Gasteiger partial charge in [0, 0.05) is 41.5 Å². The molecular formula is C44H57NO20. The van der Waals surface area contributed by atoms with E-state index < -0.39 is 134 Å². The fraction of sp³-hybridized carbons (Fsp3) is 0.591. The molecular weight excluding hydrogens is 862 g/mol. The van der Waals surface area contributed by atoms with Crippen molar-refractivity contribution in [3.63, 3.8) is 0 Å². The molecule has 3 saturated heterocycles. The Morgan fingerprint density at radius 3 is 1.57 bits per heavy atom. The van der Waals surface area contributed by atoms with Gasteiger partial charge < -0.3 is 72.4 Å². The number of carbonyl (C=O) groups excluding carboxylic acids is 6. The molecule has 21 heteroatoms. The van der Waals surface area contributed by atoms with Gasteiger partial charge in [-0.15, -0.1) is 0 Å². The molecule has 2 aromatic rings. The predicted octanol–water partition coefficient (Wildman–Crippen LogP) is 0.901. The van der Waals surface area contributed by atoms with Gasteiger partial charge in [-0.3, -0.25) is 28.8 Å². The summed E-state index contributed by atoms with van der Waals surface area (Å²) in [6, 6.07) is 16.4. The standard InChI is InChI=1S/C44H57NO20/c1-22-34(57-24(3)48)38(59-26(5)50)40(55-20-30-16-12-9-13-17-30)43(56-22)65-37-33(45-23(2)47)42(53)62-31(18-46)35(37)64-44-41(61-28(7)52)39(60-27(6)51)36(58-25(4)49)32(63-44)21-54-19-29-14-10-8-11-15-29/h8-17,22,31-44,46,53H,18-21H2,1-7H3,(H,45,47)/t22-,31+,32+,33+,34+,35+,36-,37+,38+,39-,40-,41+,42-,43-,44-/m0/s1. The van der Waals surface area contributed by atoms with Crippen LogP contribution >= 0.6 is 0 Å². The highest BCUT2D eigenvalue weighted by Crippen LogP contribution is 2.37. The van der Waals surface area contributed by atoms with Crippen molar-refractivity contribution in [1.29, 1.82) is 0 Å². The van der Waals surface area contributed by atoms with Crippen LogP contribution in [-0.4, -0.2) is 151 Å². The second-order valence-electron chi connectivity index (χ2n) is 15.6. The zero-order valence-electron chi connectivity index (χ0n) is 37.0. The minimum Gasteiger partial charge on any atom is -0.456 e. The number of rotatable bonds is 18. The van der Waals surface area contributed by atoms with E-state index >= 15 is 0 Å². The Morgan fingerprint density at radius 2 is 1.03 bits per heavy atom. The molecule has 1 amide bonds. The summed E-state index contributed by atoms with van der Waals surface area (Å²) >= 11 is 0. The van der Waals surface area contributed by atoms with Crippen LogP contribution in [0.15, 0.2) is 60.7 Å². The van der Waals surface area contributed by atoms with Crippen molar-refractivity contribution in [2.45, 2.75) is 154 Å². The topological polar surface area (TPSA) is 266 Å². The largest absolute Gasteiger partial charge is 0.456 e. The molecule has 358 valence electrons. The average molecular weight is 920 g/mol. The first-order chi connectivity index (χ1) is 30.9. The van der Waals surface area contributed by atoms with Gasteiger partial charge in [-0.05, 0) is 18.1 Å². The zero-order chi connectivity index (χ0) is 47.4. The first-order valence-corrected chi connectivity index (χ1v) is 20.9. The van der Waals surface area contributed by atoms with Crippen LogP contribution in [0.4, 0.5) is 0 Å². The van der Waals surface area contributed by atoms with Crippen LogP contribution < -0.4 is 5.32 Å². The number of esters is 5. The van der Waals surface area contributed by atoms with Crippen molar-refractivity contribution in [1.82, 2.24) is 5.32 Å². The maximum atomic E-state index is 12.8. The van der Waals surface area contributed by atoms with E-state index in [1.807, 2.05) is 18.2 Å². The number of aliphatic hydroxyl groups is 2. The molecule has 0 spiro atoms. The van der Waals surface area contributed by atoms with Gasteiger partial charge in [0.2, 0.25) is 5.91 Å². The van der Waals surface area contributed by atoms with E-state index in [1.165, 1.54) is 6.92 Å². The van der Waals surface area contributed by atoms with Crippen LogP contribution in [0.3, 0.4) is 0 Å². The van der Waals surface area contributed by atoms with Crippen molar-refractivity contribution >= 4 is 35.8 Å². The van der Waals surface area contributed by atoms with Crippen LogP contribution in [-0.2, 0) is 98.8 Å². The number of carbonyl (C=O) groups is 6. The minimum atomic E-state index is -1.87. The van der Waals surface area contributed by atoms with Crippen LogP contribution in [0.1, 0.15) is 59.6 Å². The molecule has 3 aliphatic rings. The zero-order valence-corrected chi connectivity index (χ0v) is 37.0. The van der Waals surface area contributed by atoms with E-state index in [4.69, 9.17) is 56.8 Å². The highest BCUT2D eigenvalue weighted by molar-refractivity contribution is 5.73. The minimum absolute atomic E-state index is 0.0693. The molecule has 3 heterocycles. The lowest BCUT2D eigenvalue weighted by atomic mass is 9.94. The quantitative estimate of drug-likeness (QED) is 0.139. The summed E-state index contributed by atoms with van der Waals surface area (Å²) in [5, 5.41) is 24.7. The van der Waals surface area contributed by atoms with E-state index in [0.29, 0.717) is 5.56 Å². The molecule has 0 unspecified atom stereocenters. The Hall–Kier alpha value is -5.10. The fourth-order valence-corrected chi connectivity index (χ4v) is 7.76. The summed E-state index contributed by atoms with van der Waals surface area (Å²) in [6.07, 6.45) is -21.0. The molecule has 0 aliphatic carbocycles. The smallest absolute Gasteiger partial charge is 0.303 e. The Morgan fingerprint density at radius 1 is 0.554 bits per heavy atom. The van der Waals surface area contributed by atoms with E-state index in [9.17, 15) is 39.0 Å². The van der Waals surface area contributed by atoms with Crippen molar-refractivity contribution in [2.75, 3.05) is 13.2 Å². The predicted molar refractivity (Wildman–Crippen MR) is 217 cm³/mol. The van der Waals surface area contributed by atoms with Gasteiger partial charge in [0.1, 0.15) is 36.6 Å². The lowest BCUT2D eigenvalue weighted by Crippen LogP contribution is -2.70. The highest BCUT2D eigenvalue weighted by Gasteiger charge is 2.58. The average Bonchev–Trinajstić information content (AvgIpc) is 3.23. The van der Waals surface area contributed by atoms with E-state index in [2.05, 4.69) is 5.32 Å². The second kappa shape index (κ2) is 23.9. The number of nitrogens with one attached hydrogen (secondary N) is 1. The van der Waals surface area contributed by atoms with Crippen LogP contribution in [0.5, 0.6) is 0 Å². The maximum Gasteiger partial charge on any atom is 0.303 e. The van der Waals surface area contributed by atoms with Crippen molar-refractivity contribution in [3.8, 4) is 0 Å². The summed E-state index contributed by atoms with van der Waals surface area (Å²) in [5.41, 5.74) is 1.46. The third-order valence-corrected chi connectivity index (χ3v) is 10.3. The molecule has 0 aromatic heterocycles. The first-order valence-electron chi connectivity index (χ1n) is 20.9. The third-order valence-electron chi connectivity index (χ3n) is 10.3. The molecule has 5 rings (SSSR count). The molecule has 3 fully saturated rings. The SMILES string of the molecule is CC(=O)N[C@@H]1[C@@H](O[C@@H]2O[C@@H](C)[C@@H](OC(C)=O)[C@@H](OC(C)=O)[C@@H]2OCc2ccccc2)[C@H](O[C@@H]2O[C@H](COCc3ccccc3)[C@H](OC(C)=O)[C@H](OC(C)=O)[C@H]2OC(C)=O)[C@@H](CO)O[C@@H]1O. The van der Waals surface area contributed by atoms with Gasteiger partial charge in [-0.1, -0.05) is 60.7 Å². The summed E-state index contributed by atoms with van der Waals surface area (Å²) in [6.45, 7) is 7.05. The van der Waals surface area contributed by atoms with Crippen LogP contribution in [0.25, 0.3) is 0 Å². The Balaban J connectivity index is 1.58. The van der Waals surface area contributed by atoms with E-state index in [-0.39, 0.29) is 19.8 Å². The number of aliphatic hydroxyl groups excluding tert-OH is 2. The van der Waals surface area contributed by atoms with E-state index in [0.717, 1.165) is 47.1 Å². The van der Waals surface area contributed by atoms with Gasteiger partial charge in [0.25, 0.3) is 0 Å². The number of ether oxygens (including phenoxy) is 12. The summed E-state index contributed by atoms with van der Waals surface area (Å²) in [5.74, 6) is -4.73. The van der Waals surface area contributed by atoms with Gasteiger partial charge in [-0.2, -0.15) is 0 Å². The third kappa shape index (κ3) is 14.2. The van der Waals surface area contributed by atoms with Gasteiger partial charge in [0.15, 0.2) is 49.4 Å². The first kappa shape index (κ1) is 50.9. The highest BCUT2D eigenvalue weighted by atomic mass is 16.8. The fourth-order valence-electron chi connectivity index (χ4n) is 7.76. The summed E-state index contributed by atoms with van der Waals surface area (Å²) < 4.78 is 72.2.